The van der Waals surface area contributed by atoms with Crippen LogP contribution in [0.2, 0.25) is 0 Å². The first-order chi connectivity index (χ1) is 17.2. The van der Waals surface area contributed by atoms with Gasteiger partial charge >= 0.3 is 0 Å². The Morgan fingerprint density at radius 3 is 2.60 bits per heavy atom. The Morgan fingerprint density at radius 1 is 0.914 bits per heavy atom. The highest BCUT2D eigenvalue weighted by atomic mass is 32.2. The summed E-state index contributed by atoms with van der Waals surface area (Å²) in [6, 6.07) is 28.0. The van der Waals surface area contributed by atoms with Crippen molar-refractivity contribution in [3.05, 3.63) is 100 Å². The van der Waals surface area contributed by atoms with Crippen molar-refractivity contribution in [1.82, 2.24) is 4.57 Å². The largest absolute Gasteiger partial charge is 0.338 e. The van der Waals surface area contributed by atoms with E-state index >= 15 is 0 Å². The van der Waals surface area contributed by atoms with E-state index in [1.54, 1.807) is 11.3 Å². The van der Waals surface area contributed by atoms with Crippen LogP contribution in [-0.4, -0.2) is 18.2 Å². The van der Waals surface area contributed by atoms with Gasteiger partial charge in [0.05, 0.1) is 26.3 Å². The van der Waals surface area contributed by atoms with Crippen LogP contribution in [0.25, 0.3) is 27.2 Å². The van der Waals surface area contributed by atoms with Crippen LogP contribution in [0.1, 0.15) is 12.0 Å². The van der Waals surface area contributed by atoms with E-state index in [1.165, 1.54) is 42.3 Å². The number of pyridine rings is 1. The second-order valence-corrected chi connectivity index (χ2v) is 10.8. The molecule has 0 N–H and O–H groups in total. The molecule has 5 aromatic rings. The molecule has 3 aromatic carbocycles. The van der Waals surface area contributed by atoms with E-state index in [1.807, 2.05) is 11.8 Å². The van der Waals surface area contributed by atoms with Crippen LogP contribution in [-0.2, 0) is 13.6 Å². The first-order valence-corrected chi connectivity index (χ1v) is 13.5. The maximum absolute atomic E-state index is 4.90. The summed E-state index contributed by atoms with van der Waals surface area (Å²) in [5, 5.41) is 2.53. The van der Waals surface area contributed by atoms with Crippen LogP contribution in [0.5, 0.6) is 0 Å². The standard InChI is InChI=1S/C29H27N4S2/c1-31-24-12-5-7-14-26(24)34-28(31)20-21-16-19-33(23-11-4-3-10-22(21)23)18-9-17-30-29-32(2)25-13-6-8-15-27(25)35-29/h3-8,10-16,19-20H,9,17-18H2,1-2H3/q+1. The van der Waals surface area contributed by atoms with Crippen molar-refractivity contribution in [3.63, 3.8) is 0 Å². The quantitative estimate of drug-likeness (QED) is 0.214. The Hall–Kier alpha value is -3.35. The molecule has 0 bridgehead atoms. The minimum atomic E-state index is 0.813. The van der Waals surface area contributed by atoms with Gasteiger partial charge in [0.1, 0.15) is 0 Å². The summed E-state index contributed by atoms with van der Waals surface area (Å²) >= 11 is 3.60. The molecule has 0 saturated heterocycles. The number of rotatable bonds is 5. The van der Waals surface area contributed by atoms with E-state index in [0.717, 1.165) is 24.3 Å². The van der Waals surface area contributed by atoms with Gasteiger partial charge in [-0.1, -0.05) is 59.5 Å². The Balaban J connectivity index is 1.24. The van der Waals surface area contributed by atoms with Gasteiger partial charge in [-0.05, 0) is 42.0 Å². The van der Waals surface area contributed by atoms with Crippen molar-refractivity contribution in [1.29, 1.82) is 0 Å². The number of aromatic nitrogens is 2. The Morgan fingerprint density at radius 2 is 1.71 bits per heavy atom. The average Bonchev–Trinajstić information content (AvgIpc) is 3.39. The minimum Gasteiger partial charge on any atom is -0.338 e. The normalized spacial score (nSPS) is 15.0. The van der Waals surface area contributed by atoms with Crippen LogP contribution in [0.3, 0.4) is 0 Å². The molecule has 35 heavy (non-hydrogen) atoms. The van der Waals surface area contributed by atoms with Gasteiger partial charge in [-0.2, -0.15) is 4.57 Å². The highest BCUT2D eigenvalue weighted by Gasteiger charge is 2.22. The van der Waals surface area contributed by atoms with E-state index in [9.17, 15) is 0 Å². The molecule has 2 aromatic heterocycles. The summed E-state index contributed by atoms with van der Waals surface area (Å²) in [5.41, 5.74) is 5.03. The number of fused-ring (bicyclic) bond motifs is 3. The Kier molecular flexibility index (Phi) is 5.92. The lowest BCUT2D eigenvalue weighted by molar-refractivity contribution is -0.671. The second-order valence-electron chi connectivity index (χ2n) is 8.74. The predicted octanol–water partition coefficient (Wildman–Crippen LogP) is 6.21. The molecule has 0 amide bonds. The molecule has 0 radical (unpaired) electrons. The number of hydrogen-bond acceptors (Lipinski definition) is 4. The third-order valence-electron chi connectivity index (χ3n) is 6.53. The number of para-hydroxylation sites is 3. The fourth-order valence-electron chi connectivity index (χ4n) is 4.65. The molecule has 1 aliphatic rings. The molecule has 174 valence electrons. The van der Waals surface area contributed by atoms with E-state index in [4.69, 9.17) is 4.99 Å². The van der Waals surface area contributed by atoms with Crippen LogP contribution < -0.4 is 14.3 Å². The molecule has 6 rings (SSSR count). The molecule has 6 heteroatoms. The predicted molar refractivity (Wildman–Crippen MR) is 149 cm³/mol. The fourth-order valence-corrected chi connectivity index (χ4v) is 6.80. The number of thiazole rings is 1. The summed E-state index contributed by atoms with van der Waals surface area (Å²) in [6.07, 6.45) is 5.53. The lowest BCUT2D eigenvalue weighted by Gasteiger charge is -2.13. The van der Waals surface area contributed by atoms with Crippen LogP contribution >= 0.6 is 23.1 Å². The molecule has 3 heterocycles. The number of nitrogens with zero attached hydrogens (tertiary/aromatic N) is 4. The molecule has 0 unspecified atom stereocenters. The number of hydrogen-bond donors (Lipinski definition) is 0. The van der Waals surface area contributed by atoms with Crippen LogP contribution in [0.4, 0.5) is 5.69 Å². The average molecular weight is 496 g/mol. The number of thioether (sulfide) groups is 1. The van der Waals surface area contributed by atoms with Crippen LogP contribution in [0.15, 0.2) is 100.0 Å². The van der Waals surface area contributed by atoms with E-state index < -0.39 is 0 Å². The molecule has 0 aliphatic carbocycles. The summed E-state index contributed by atoms with van der Waals surface area (Å²) in [7, 11) is 4.25. The molecule has 1 aliphatic heterocycles. The molecule has 0 spiro atoms. The van der Waals surface area contributed by atoms with Gasteiger partial charge in [-0.3, -0.25) is 4.99 Å². The number of benzene rings is 3. The van der Waals surface area contributed by atoms with Crippen molar-refractivity contribution in [2.24, 2.45) is 12.0 Å². The highest BCUT2D eigenvalue weighted by molar-refractivity contribution is 8.03. The van der Waals surface area contributed by atoms with Gasteiger partial charge < -0.3 is 9.47 Å². The van der Waals surface area contributed by atoms with Crippen molar-refractivity contribution in [3.8, 4) is 0 Å². The van der Waals surface area contributed by atoms with Gasteiger partial charge in [-0.25, -0.2) is 0 Å². The van der Waals surface area contributed by atoms with Crippen LogP contribution in [0, 0.1) is 0 Å². The molecular weight excluding hydrogens is 468 g/mol. The molecular formula is C29H27N4S2+. The van der Waals surface area contributed by atoms with Gasteiger partial charge in [0, 0.05) is 44.1 Å². The molecule has 0 atom stereocenters. The monoisotopic (exact) mass is 495 g/mol. The topological polar surface area (TPSA) is 24.4 Å². The fraction of sp³-hybridized carbons (Fsp3) is 0.172. The molecule has 4 nitrogen and oxygen atoms in total. The highest BCUT2D eigenvalue weighted by Crippen LogP contribution is 2.45. The van der Waals surface area contributed by atoms with Gasteiger partial charge in [0.15, 0.2) is 17.5 Å². The summed E-state index contributed by atoms with van der Waals surface area (Å²) in [6.45, 7) is 1.75. The van der Waals surface area contributed by atoms with E-state index in [-0.39, 0.29) is 0 Å². The maximum Gasteiger partial charge on any atom is 0.213 e. The second kappa shape index (κ2) is 9.36. The lowest BCUT2D eigenvalue weighted by Crippen LogP contribution is -2.34. The van der Waals surface area contributed by atoms with Gasteiger partial charge in [-0.15, -0.1) is 0 Å². The first kappa shape index (κ1) is 22.1. The Bertz CT molecular complexity index is 1640. The number of aryl methyl sites for hydroxylation is 2. The lowest BCUT2D eigenvalue weighted by atomic mass is 10.1. The molecule has 0 saturated carbocycles. The third kappa shape index (κ3) is 4.17. The minimum absolute atomic E-state index is 0.813. The Labute approximate surface area is 213 Å². The summed E-state index contributed by atoms with van der Waals surface area (Å²) in [4.78, 5) is 9.58. The van der Waals surface area contributed by atoms with Crippen molar-refractivity contribution in [2.45, 2.75) is 17.9 Å². The van der Waals surface area contributed by atoms with Crippen molar-refractivity contribution < 1.29 is 4.57 Å². The summed E-state index contributed by atoms with van der Waals surface area (Å²) < 4.78 is 5.84. The van der Waals surface area contributed by atoms with Gasteiger partial charge in [0.2, 0.25) is 5.52 Å². The zero-order valence-electron chi connectivity index (χ0n) is 19.9. The zero-order valence-corrected chi connectivity index (χ0v) is 21.5. The first-order valence-electron chi connectivity index (χ1n) is 11.9. The van der Waals surface area contributed by atoms with Crippen molar-refractivity contribution in [2.75, 3.05) is 18.5 Å². The SMILES string of the molecule is CN1/C(=C\c2cc[n+](CCCN=c3sc4ccccc4n3C)c3ccccc23)Sc2ccccc21. The number of anilines is 1. The zero-order chi connectivity index (χ0) is 23.8. The molecule has 0 fully saturated rings. The van der Waals surface area contributed by atoms with E-state index in [2.05, 4.69) is 119 Å². The maximum atomic E-state index is 4.90. The van der Waals surface area contributed by atoms with Crippen molar-refractivity contribution >= 4 is 56.0 Å². The van der Waals surface area contributed by atoms with Gasteiger partial charge in [0.25, 0.3) is 0 Å². The smallest absolute Gasteiger partial charge is 0.213 e. The third-order valence-corrected chi connectivity index (χ3v) is 8.84. The summed E-state index contributed by atoms with van der Waals surface area (Å²) in [5.74, 6) is 0. The van der Waals surface area contributed by atoms with E-state index in [0.29, 0.717) is 0 Å².